The quantitative estimate of drug-likeness (QED) is 0.0415. The average molecular weight is 999 g/mol. The molecule has 0 aliphatic carbocycles. The Morgan fingerprint density at radius 3 is 2.17 bits per heavy atom. The van der Waals surface area contributed by atoms with Crippen LogP contribution in [0.3, 0.4) is 0 Å². The van der Waals surface area contributed by atoms with Crippen LogP contribution in [0.4, 0.5) is 4.79 Å². The lowest BCUT2D eigenvalue weighted by molar-refractivity contribution is -0.140. The number of hydrogen-bond acceptors (Lipinski definition) is 13. The third-order valence-electron chi connectivity index (χ3n) is 12.5. The number of aliphatic hydroxyl groups is 1. The van der Waals surface area contributed by atoms with Gasteiger partial charge in [0.1, 0.15) is 29.8 Å². The van der Waals surface area contributed by atoms with Gasteiger partial charge in [0.25, 0.3) is 0 Å². The zero-order chi connectivity index (χ0) is 52.2. The molecule has 10 N–H and O–H groups in total. The Hall–Kier alpha value is -6.71. The number of amides is 6. The number of aromatic amines is 2. The van der Waals surface area contributed by atoms with Crippen molar-refractivity contribution in [1.82, 2.24) is 56.4 Å². The average Bonchev–Trinajstić information content (AvgIpc) is 4.17. The van der Waals surface area contributed by atoms with E-state index in [0.717, 1.165) is 5.56 Å². The predicted molar refractivity (Wildman–Crippen MR) is 267 cm³/mol. The molecule has 1 aliphatic heterocycles. The number of nitrogens with one attached hydrogen (secondary N) is 7. The maximum absolute atomic E-state index is 14.3. The maximum atomic E-state index is 14.3. The summed E-state index contributed by atoms with van der Waals surface area (Å²) in [6, 6.07) is 10.6. The van der Waals surface area contributed by atoms with E-state index in [-0.39, 0.29) is 75.5 Å². The van der Waals surface area contributed by atoms with E-state index in [1.54, 1.807) is 56.4 Å². The fourth-order valence-electron chi connectivity index (χ4n) is 8.31. The monoisotopic (exact) mass is 999 g/mol. The van der Waals surface area contributed by atoms with Crippen LogP contribution in [0, 0.1) is 11.8 Å². The third kappa shape index (κ3) is 18.5. The minimum absolute atomic E-state index is 0.00299. The number of ether oxygens (including phenoxy) is 2. The Kier molecular flexibility index (Phi) is 21.7. The summed E-state index contributed by atoms with van der Waals surface area (Å²) in [7, 11) is 0. The standard InChI is InChI=1S/C51H74N12O9/c1-7-33(3)45(48(68)57-28-35-16-11-12-18-55-35)62-44(65)24-42(64)39(52)20-32(2)25-56-46(66)40(22-36-26-53-30-58-36)60-47(67)43(21-34-14-9-8-10-15-34)71-29-38-17-13-19-63(38)49(69)41(23-37-27-54-31-59-37)61-50(70)72-51(4,5)6/h8-12,14-16,18,26-27,30-33,38-43,45,64H,7,13,17,19-25,28-29,52H2,1-6H3,(H,53,58)(H,54,59)(H,56,66)(H,57,68)(H,60,67)(H,61,70)(H,62,65)/t32?,33-,38-,39?,40-,41-,42?,43-,45-/m0/s1. The molecule has 1 aliphatic rings. The van der Waals surface area contributed by atoms with Crippen molar-refractivity contribution in [3.05, 3.63) is 102 Å². The lowest BCUT2D eigenvalue weighted by Crippen LogP contribution is -2.54. The van der Waals surface area contributed by atoms with Crippen molar-refractivity contribution in [3.8, 4) is 0 Å². The molecule has 1 aromatic carbocycles. The summed E-state index contributed by atoms with van der Waals surface area (Å²) < 4.78 is 11.9. The summed E-state index contributed by atoms with van der Waals surface area (Å²) >= 11 is 0. The lowest BCUT2D eigenvalue weighted by atomic mass is 9.95. The molecule has 5 rings (SSSR count). The van der Waals surface area contributed by atoms with Crippen LogP contribution in [0.2, 0.25) is 0 Å². The van der Waals surface area contributed by atoms with Crippen LogP contribution >= 0.6 is 0 Å². The molecule has 4 aromatic rings. The summed E-state index contributed by atoms with van der Waals surface area (Å²) in [5.41, 5.74) is 8.34. The molecule has 0 bridgehead atoms. The number of carbonyl (C=O) groups is 6. The highest BCUT2D eigenvalue weighted by molar-refractivity contribution is 5.90. The van der Waals surface area contributed by atoms with E-state index < -0.39 is 71.8 Å². The van der Waals surface area contributed by atoms with Gasteiger partial charge in [0.15, 0.2) is 0 Å². The highest BCUT2D eigenvalue weighted by Crippen LogP contribution is 2.22. The highest BCUT2D eigenvalue weighted by Gasteiger charge is 2.37. The minimum atomic E-state index is -1.24. The summed E-state index contributed by atoms with van der Waals surface area (Å²) in [6.07, 6.45) is 6.89. The molecule has 392 valence electrons. The van der Waals surface area contributed by atoms with E-state index >= 15 is 0 Å². The van der Waals surface area contributed by atoms with E-state index in [4.69, 9.17) is 15.2 Å². The lowest BCUT2D eigenvalue weighted by Gasteiger charge is -2.31. The normalized spacial score (nSPS) is 17.0. The molecule has 1 fully saturated rings. The van der Waals surface area contributed by atoms with Gasteiger partial charge in [0.05, 0.1) is 50.1 Å². The Labute approximate surface area is 421 Å². The molecule has 1 saturated heterocycles. The van der Waals surface area contributed by atoms with Crippen molar-refractivity contribution in [2.45, 2.75) is 147 Å². The number of benzene rings is 1. The van der Waals surface area contributed by atoms with Gasteiger partial charge in [-0.15, -0.1) is 0 Å². The number of hydrogen-bond donors (Lipinski definition) is 9. The van der Waals surface area contributed by atoms with Crippen molar-refractivity contribution < 1.29 is 43.3 Å². The van der Waals surface area contributed by atoms with Gasteiger partial charge in [-0.2, -0.15) is 0 Å². The second-order valence-corrected chi connectivity index (χ2v) is 19.7. The highest BCUT2D eigenvalue weighted by atomic mass is 16.6. The van der Waals surface area contributed by atoms with Gasteiger partial charge in [0, 0.05) is 68.4 Å². The van der Waals surface area contributed by atoms with Gasteiger partial charge in [-0.05, 0) is 69.6 Å². The largest absolute Gasteiger partial charge is 0.444 e. The van der Waals surface area contributed by atoms with Crippen LogP contribution in [0.1, 0.15) is 96.3 Å². The number of likely N-dealkylation sites (tertiary alicyclic amines) is 1. The first-order chi connectivity index (χ1) is 34.4. The van der Waals surface area contributed by atoms with Crippen LogP contribution in [-0.4, -0.2) is 138 Å². The van der Waals surface area contributed by atoms with Crippen LogP contribution < -0.4 is 32.3 Å². The molecular weight excluding hydrogens is 925 g/mol. The molecule has 0 radical (unpaired) electrons. The number of H-pyrrole nitrogens is 2. The number of carbonyl (C=O) groups excluding carboxylic acids is 6. The topological polar surface area (TPSA) is 301 Å². The van der Waals surface area contributed by atoms with E-state index in [0.29, 0.717) is 42.9 Å². The van der Waals surface area contributed by atoms with Crippen LogP contribution in [0.25, 0.3) is 0 Å². The molecule has 0 saturated carbocycles. The molecular formula is C51H74N12O9. The van der Waals surface area contributed by atoms with Gasteiger partial charge in [-0.1, -0.05) is 63.6 Å². The van der Waals surface area contributed by atoms with E-state index in [2.05, 4.69) is 51.5 Å². The smallest absolute Gasteiger partial charge is 0.408 e. The fourth-order valence-corrected chi connectivity index (χ4v) is 8.31. The Morgan fingerprint density at radius 1 is 0.861 bits per heavy atom. The second kappa shape index (κ2) is 27.8. The second-order valence-electron chi connectivity index (χ2n) is 19.7. The molecule has 9 atom stereocenters. The molecule has 21 heteroatoms. The molecule has 21 nitrogen and oxygen atoms in total. The Bertz CT molecular complexity index is 2300. The van der Waals surface area contributed by atoms with Crippen LogP contribution in [0.5, 0.6) is 0 Å². The minimum Gasteiger partial charge on any atom is -0.444 e. The van der Waals surface area contributed by atoms with Crippen molar-refractivity contribution in [2.24, 2.45) is 17.6 Å². The van der Waals surface area contributed by atoms with Crippen LogP contribution in [0.15, 0.2) is 79.8 Å². The third-order valence-corrected chi connectivity index (χ3v) is 12.5. The molecule has 0 spiro atoms. The van der Waals surface area contributed by atoms with Crippen molar-refractivity contribution in [2.75, 3.05) is 19.7 Å². The predicted octanol–water partition coefficient (Wildman–Crippen LogP) is 2.38. The van der Waals surface area contributed by atoms with Crippen molar-refractivity contribution in [1.29, 1.82) is 0 Å². The number of rotatable bonds is 27. The number of nitrogens with two attached hydrogens (primary N) is 1. The van der Waals surface area contributed by atoms with Gasteiger partial charge in [0.2, 0.25) is 29.5 Å². The number of aliphatic hydroxyl groups excluding tert-OH is 1. The first-order valence-corrected chi connectivity index (χ1v) is 24.8. The van der Waals surface area contributed by atoms with Gasteiger partial charge >= 0.3 is 6.09 Å². The van der Waals surface area contributed by atoms with Crippen LogP contribution in [-0.2, 0) is 59.3 Å². The van der Waals surface area contributed by atoms with E-state index in [1.165, 1.54) is 12.7 Å². The first-order valence-electron chi connectivity index (χ1n) is 24.8. The number of imidazole rings is 2. The first kappa shape index (κ1) is 56.2. The van der Waals surface area contributed by atoms with E-state index in [1.807, 2.05) is 57.2 Å². The summed E-state index contributed by atoms with van der Waals surface area (Å²) in [5, 5.41) is 25.2. The number of alkyl carbamates (subject to hydrolysis) is 1. The molecule has 72 heavy (non-hydrogen) atoms. The summed E-state index contributed by atoms with van der Waals surface area (Å²) in [6.45, 7) is 11.6. The molecule has 3 aromatic heterocycles. The fraction of sp³-hybridized carbons (Fsp3) is 0.549. The van der Waals surface area contributed by atoms with Crippen molar-refractivity contribution in [3.63, 3.8) is 0 Å². The summed E-state index contributed by atoms with van der Waals surface area (Å²) in [4.78, 5) is 102. The van der Waals surface area contributed by atoms with Gasteiger partial charge in [-0.25, -0.2) is 14.8 Å². The zero-order valence-electron chi connectivity index (χ0n) is 42.3. The van der Waals surface area contributed by atoms with Gasteiger partial charge in [-0.3, -0.25) is 29.0 Å². The molecule has 3 unspecified atom stereocenters. The Balaban J connectivity index is 1.19. The SMILES string of the molecule is CC[C@H](C)[C@H](NC(=O)CC(O)C(N)CC(C)CNC(=O)[C@H](Cc1cnc[nH]1)NC(=O)[C@H](Cc1ccccc1)OC[C@@H]1CCCN1C(=O)[C@H](Cc1cnc[nH]1)NC(=O)OC(C)(C)C)C(=O)NCc1ccccn1. The number of aromatic nitrogens is 5. The summed E-state index contributed by atoms with van der Waals surface area (Å²) in [5.74, 6) is -2.70. The number of nitrogens with zero attached hydrogens (tertiary/aromatic N) is 4. The van der Waals surface area contributed by atoms with Gasteiger partial charge < -0.3 is 61.8 Å². The Morgan fingerprint density at radius 2 is 1.54 bits per heavy atom. The number of pyridine rings is 1. The molecule has 4 heterocycles. The zero-order valence-corrected chi connectivity index (χ0v) is 42.3. The molecule has 6 amide bonds. The van der Waals surface area contributed by atoms with Crippen molar-refractivity contribution >= 4 is 35.6 Å². The maximum Gasteiger partial charge on any atom is 0.408 e. The van der Waals surface area contributed by atoms with E-state index in [9.17, 15) is 33.9 Å².